The number of phenols is 1. The van der Waals surface area contributed by atoms with Gasteiger partial charge in [0.05, 0.1) is 6.21 Å². The predicted molar refractivity (Wildman–Crippen MR) is 80.0 cm³/mol. The van der Waals surface area contributed by atoms with Gasteiger partial charge in [0.1, 0.15) is 17.6 Å². The molecule has 0 heterocycles. The van der Waals surface area contributed by atoms with Crippen molar-refractivity contribution in [2.24, 2.45) is 5.16 Å². The highest BCUT2D eigenvalue weighted by molar-refractivity contribution is 5.82. The average Bonchev–Trinajstić information content (AvgIpc) is 2.40. The Labute approximate surface area is 120 Å². The van der Waals surface area contributed by atoms with Gasteiger partial charge in [0, 0.05) is 12.0 Å². The van der Waals surface area contributed by atoms with Gasteiger partial charge in [-0.1, -0.05) is 37.1 Å². The van der Waals surface area contributed by atoms with E-state index < -0.39 is 0 Å². The van der Waals surface area contributed by atoms with Crippen molar-refractivity contribution in [3.05, 3.63) is 29.8 Å². The highest BCUT2D eigenvalue weighted by Gasteiger charge is 2.12. The standard InChI is InChI=1S/C16H23NO3/c1-3-4-5-9-15(11-13(2)18)20-17-12-14-8-6-7-10-16(14)19/h6-8,10,12,15,19H,3-5,9,11H2,1-2H3/b17-12+. The first kappa shape index (κ1) is 16.2. The second-order valence-electron chi connectivity index (χ2n) is 4.92. The van der Waals surface area contributed by atoms with Crippen LogP contribution in [0.4, 0.5) is 0 Å². The summed E-state index contributed by atoms with van der Waals surface area (Å²) >= 11 is 0. The zero-order chi connectivity index (χ0) is 14.8. The maximum Gasteiger partial charge on any atom is 0.134 e. The van der Waals surface area contributed by atoms with Crippen LogP contribution >= 0.6 is 0 Å². The molecule has 4 nitrogen and oxygen atoms in total. The second kappa shape index (κ2) is 9.13. The molecule has 0 radical (unpaired) electrons. The lowest BCUT2D eigenvalue weighted by Crippen LogP contribution is -2.14. The lowest BCUT2D eigenvalue weighted by atomic mass is 10.1. The van der Waals surface area contributed by atoms with E-state index in [2.05, 4.69) is 12.1 Å². The molecule has 1 N–H and O–H groups in total. The summed E-state index contributed by atoms with van der Waals surface area (Å²) in [5.74, 6) is 0.262. The van der Waals surface area contributed by atoms with Crippen molar-refractivity contribution in [1.29, 1.82) is 0 Å². The van der Waals surface area contributed by atoms with E-state index in [4.69, 9.17) is 4.84 Å². The summed E-state index contributed by atoms with van der Waals surface area (Å²) < 4.78 is 0. The first-order valence-electron chi connectivity index (χ1n) is 7.10. The molecule has 0 bridgehead atoms. The Morgan fingerprint density at radius 1 is 1.40 bits per heavy atom. The fraction of sp³-hybridized carbons (Fsp3) is 0.500. The summed E-state index contributed by atoms with van der Waals surface area (Å²) in [6.07, 6.45) is 5.78. The van der Waals surface area contributed by atoms with Gasteiger partial charge in [-0.3, -0.25) is 4.79 Å². The molecule has 0 amide bonds. The van der Waals surface area contributed by atoms with Crippen LogP contribution in [0.3, 0.4) is 0 Å². The van der Waals surface area contributed by atoms with Gasteiger partial charge in [0.15, 0.2) is 0 Å². The molecule has 0 saturated carbocycles. The number of carbonyl (C=O) groups is 1. The van der Waals surface area contributed by atoms with Crippen molar-refractivity contribution >= 4 is 12.0 Å². The number of para-hydroxylation sites is 1. The molecule has 110 valence electrons. The van der Waals surface area contributed by atoms with Gasteiger partial charge in [-0.2, -0.15) is 0 Å². The van der Waals surface area contributed by atoms with Crippen molar-refractivity contribution in [2.45, 2.75) is 52.1 Å². The maximum atomic E-state index is 11.2. The number of oxime groups is 1. The van der Waals surface area contributed by atoms with E-state index in [1.165, 1.54) is 6.21 Å². The van der Waals surface area contributed by atoms with Crippen LogP contribution in [0.1, 0.15) is 51.5 Å². The highest BCUT2D eigenvalue weighted by Crippen LogP contribution is 2.14. The Hall–Kier alpha value is -1.84. The molecule has 1 rings (SSSR count). The van der Waals surface area contributed by atoms with E-state index in [0.29, 0.717) is 12.0 Å². The number of benzene rings is 1. The third kappa shape index (κ3) is 6.36. The number of carbonyl (C=O) groups excluding carboxylic acids is 1. The minimum absolute atomic E-state index is 0.101. The summed E-state index contributed by atoms with van der Waals surface area (Å²) in [7, 11) is 0. The van der Waals surface area contributed by atoms with Crippen molar-refractivity contribution < 1.29 is 14.7 Å². The first-order valence-corrected chi connectivity index (χ1v) is 7.10. The minimum Gasteiger partial charge on any atom is -0.507 e. The van der Waals surface area contributed by atoms with Crippen LogP contribution in [0, 0.1) is 0 Å². The zero-order valence-electron chi connectivity index (χ0n) is 12.2. The summed E-state index contributed by atoms with van der Waals surface area (Å²) in [4.78, 5) is 16.6. The minimum atomic E-state index is -0.179. The highest BCUT2D eigenvalue weighted by atomic mass is 16.6. The molecule has 4 heteroatoms. The Morgan fingerprint density at radius 2 is 2.15 bits per heavy atom. The van der Waals surface area contributed by atoms with Gasteiger partial charge in [-0.15, -0.1) is 0 Å². The first-order chi connectivity index (χ1) is 9.63. The molecule has 0 spiro atoms. The smallest absolute Gasteiger partial charge is 0.134 e. The molecule has 1 aromatic rings. The van der Waals surface area contributed by atoms with Crippen LogP contribution < -0.4 is 0 Å². The summed E-state index contributed by atoms with van der Waals surface area (Å²) in [6, 6.07) is 6.90. The normalized spacial score (nSPS) is 12.5. The molecule has 0 aliphatic carbocycles. The van der Waals surface area contributed by atoms with Gasteiger partial charge in [-0.05, 0) is 31.9 Å². The lowest BCUT2D eigenvalue weighted by Gasteiger charge is -2.13. The third-order valence-corrected chi connectivity index (χ3v) is 2.98. The van der Waals surface area contributed by atoms with E-state index in [-0.39, 0.29) is 17.6 Å². The Morgan fingerprint density at radius 3 is 2.80 bits per heavy atom. The van der Waals surface area contributed by atoms with Gasteiger partial charge >= 0.3 is 0 Å². The molecule has 0 aliphatic heterocycles. The third-order valence-electron chi connectivity index (χ3n) is 2.98. The number of nitrogens with zero attached hydrogens (tertiary/aromatic N) is 1. The average molecular weight is 277 g/mol. The largest absolute Gasteiger partial charge is 0.507 e. The molecule has 0 aliphatic rings. The predicted octanol–water partition coefficient (Wildman–Crippen LogP) is 3.67. The molecule has 1 aromatic carbocycles. The second-order valence-corrected chi connectivity index (χ2v) is 4.92. The lowest BCUT2D eigenvalue weighted by molar-refractivity contribution is -0.120. The number of aromatic hydroxyl groups is 1. The summed E-state index contributed by atoms with van der Waals surface area (Å²) in [5.41, 5.74) is 0.600. The molecular weight excluding hydrogens is 254 g/mol. The SMILES string of the molecule is CCCCCC(CC(C)=O)O/N=C/c1ccccc1O. The number of hydrogen-bond donors (Lipinski definition) is 1. The van der Waals surface area contributed by atoms with Crippen LogP contribution in [0.25, 0.3) is 0 Å². The van der Waals surface area contributed by atoms with E-state index >= 15 is 0 Å². The van der Waals surface area contributed by atoms with Crippen molar-refractivity contribution in [2.75, 3.05) is 0 Å². The molecular formula is C16H23NO3. The summed E-state index contributed by atoms with van der Waals surface area (Å²) in [5, 5.41) is 13.5. The van der Waals surface area contributed by atoms with E-state index in [1.54, 1.807) is 25.1 Å². The van der Waals surface area contributed by atoms with E-state index in [0.717, 1.165) is 25.7 Å². The number of hydrogen-bond acceptors (Lipinski definition) is 4. The quantitative estimate of drug-likeness (QED) is 0.425. The fourth-order valence-electron chi connectivity index (χ4n) is 1.90. The monoisotopic (exact) mass is 277 g/mol. The number of rotatable bonds is 9. The van der Waals surface area contributed by atoms with E-state index in [9.17, 15) is 9.90 Å². The van der Waals surface area contributed by atoms with Crippen LogP contribution in [0.15, 0.2) is 29.4 Å². The van der Waals surface area contributed by atoms with Crippen LogP contribution in [0.2, 0.25) is 0 Å². The van der Waals surface area contributed by atoms with Gasteiger partial charge in [0.25, 0.3) is 0 Å². The van der Waals surface area contributed by atoms with Crippen LogP contribution in [-0.4, -0.2) is 23.2 Å². The number of unbranched alkanes of at least 4 members (excludes halogenated alkanes) is 2. The van der Waals surface area contributed by atoms with Gasteiger partial charge < -0.3 is 9.94 Å². The topological polar surface area (TPSA) is 58.9 Å². The van der Waals surface area contributed by atoms with Crippen LogP contribution in [0.5, 0.6) is 5.75 Å². The number of phenolic OH excluding ortho intramolecular Hbond substituents is 1. The molecule has 0 aromatic heterocycles. The van der Waals surface area contributed by atoms with E-state index in [1.807, 2.05) is 6.07 Å². The van der Waals surface area contributed by atoms with Crippen LogP contribution in [-0.2, 0) is 9.63 Å². The zero-order valence-corrected chi connectivity index (χ0v) is 12.2. The number of ketones is 1. The molecule has 0 saturated heterocycles. The Bertz CT molecular complexity index is 443. The summed E-state index contributed by atoms with van der Waals surface area (Å²) in [6.45, 7) is 3.69. The molecule has 1 unspecified atom stereocenters. The van der Waals surface area contributed by atoms with Crippen molar-refractivity contribution in [3.63, 3.8) is 0 Å². The maximum absolute atomic E-state index is 11.2. The van der Waals surface area contributed by atoms with Gasteiger partial charge in [0.2, 0.25) is 0 Å². The Kier molecular flexibility index (Phi) is 7.40. The fourth-order valence-corrected chi connectivity index (χ4v) is 1.90. The Balaban J connectivity index is 2.52. The molecule has 1 atom stereocenters. The molecule has 20 heavy (non-hydrogen) atoms. The van der Waals surface area contributed by atoms with Crippen molar-refractivity contribution in [1.82, 2.24) is 0 Å². The van der Waals surface area contributed by atoms with Crippen molar-refractivity contribution in [3.8, 4) is 5.75 Å². The number of Topliss-reactive ketones (excluding diaryl/α,β-unsaturated/α-hetero) is 1. The van der Waals surface area contributed by atoms with Gasteiger partial charge in [-0.25, -0.2) is 0 Å². The molecule has 0 fully saturated rings.